The van der Waals surface area contributed by atoms with Gasteiger partial charge >= 0.3 is 5.97 Å². The van der Waals surface area contributed by atoms with Crippen molar-refractivity contribution in [2.75, 3.05) is 0 Å². The van der Waals surface area contributed by atoms with Gasteiger partial charge in [-0.1, -0.05) is 39.1 Å². The van der Waals surface area contributed by atoms with E-state index in [9.17, 15) is 9.90 Å². The van der Waals surface area contributed by atoms with Gasteiger partial charge in [0.25, 0.3) is 0 Å². The van der Waals surface area contributed by atoms with Crippen LogP contribution < -0.4 is 0 Å². The molecule has 1 aromatic carbocycles. The molecule has 0 spiro atoms. The largest absolute Gasteiger partial charge is 0.479 e. The zero-order valence-corrected chi connectivity index (χ0v) is 9.77. The highest BCUT2D eigenvalue weighted by Crippen LogP contribution is 2.33. The van der Waals surface area contributed by atoms with Gasteiger partial charge in [0.05, 0.1) is 0 Å². The summed E-state index contributed by atoms with van der Waals surface area (Å²) < 4.78 is 0.619. The first-order valence-corrected chi connectivity index (χ1v) is 5.03. The third-order valence-electron chi connectivity index (χ3n) is 1.55. The second-order valence-corrected chi connectivity index (χ2v) is 4.25. The normalized spacial score (nSPS) is 12.6. The SMILES string of the molecule is O=C(O)C(O)c1c(Cl)cc(Br)cc1Cl. The number of carboxylic acids is 1. The number of halogens is 3. The Morgan fingerprint density at radius 1 is 1.36 bits per heavy atom. The van der Waals surface area contributed by atoms with Crippen LogP contribution in [0, 0.1) is 0 Å². The number of rotatable bonds is 2. The highest BCUT2D eigenvalue weighted by molar-refractivity contribution is 9.10. The molecule has 14 heavy (non-hydrogen) atoms. The van der Waals surface area contributed by atoms with Crippen LogP contribution in [0.3, 0.4) is 0 Å². The van der Waals surface area contributed by atoms with E-state index >= 15 is 0 Å². The molecule has 0 fully saturated rings. The molecular formula is C8H5BrCl2O3. The number of hydrogen-bond donors (Lipinski definition) is 2. The van der Waals surface area contributed by atoms with E-state index in [2.05, 4.69) is 15.9 Å². The van der Waals surface area contributed by atoms with E-state index in [1.165, 1.54) is 12.1 Å². The van der Waals surface area contributed by atoms with Crippen molar-refractivity contribution in [2.45, 2.75) is 6.10 Å². The standard InChI is InChI=1S/C8H5BrCl2O3/c9-3-1-4(10)6(5(11)2-3)7(12)8(13)14/h1-2,7,12H,(H,13,14). The van der Waals surface area contributed by atoms with Crippen LogP contribution in [0.25, 0.3) is 0 Å². The van der Waals surface area contributed by atoms with E-state index in [-0.39, 0.29) is 15.6 Å². The van der Waals surface area contributed by atoms with Crippen molar-refractivity contribution in [3.63, 3.8) is 0 Å². The average molecular weight is 300 g/mol. The van der Waals surface area contributed by atoms with Gasteiger partial charge in [0, 0.05) is 20.1 Å². The van der Waals surface area contributed by atoms with Gasteiger partial charge in [-0.05, 0) is 12.1 Å². The van der Waals surface area contributed by atoms with Crippen molar-refractivity contribution >= 4 is 45.1 Å². The second-order valence-electron chi connectivity index (χ2n) is 2.52. The number of benzene rings is 1. The molecule has 0 amide bonds. The van der Waals surface area contributed by atoms with Crippen LogP contribution in [0.2, 0.25) is 10.0 Å². The maximum absolute atomic E-state index is 10.5. The lowest BCUT2D eigenvalue weighted by molar-refractivity contribution is -0.146. The summed E-state index contributed by atoms with van der Waals surface area (Å²) in [7, 11) is 0. The van der Waals surface area contributed by atoms with Gasteiger partial charge in [0.2, 0.25) is 0 Å². The van der Waals surface area contributed by atoms with Gasteiger partial charge < -0.3 is 10.2 Å². The Morgan fingerprint density at radius 3 is 2.14 bits per heavy atom. The molecule has 0 radical (unpaired) electrons. The minimum absolute atomic E-state index is 0.00373. The van der Waals surface area contributed by atoms with Crippen LogP contribution in [0.15, 0.2) is 16.6 Å². The Hall–Kier alpha value is -0.290. The summed E-state index contributed by atoms with van der Waals surface area (Å²) in [5.74, 6) is -1.39. The van der Waals surface area contributed by atoms with Crippen LogP contribution in [0.4, 0.5) is 0 Å². The highest BCUT2D eigenvalue weighted by atomic mass is 79.9. The Morgan fingerprint density at radius 2 is 1.79 bits per heavy atom. The van der Waals surface area contributed by atoms with E-state index in [4.69, 9.17) is 28.3 Å². The summed E-state index contributed by atoms with van der Waals surface area (Å²) >= 11 is 14.6. The molecular weight excluding hydrogens is 295 g/mol. The van der Waals surface area contributed by atoms with E-state index in [1.807, 2.05) is 0 Å². The number of aliphatic hydroxyl groups is 1. The van der Waals surface area contributed by atoms with Gasteiger partial charge in [-0.2, -0.15) is 0 Å². The average Bonchev–Trinajstić information content (AvgIpc) is 2.01. The molecule has 76 valence electrons. The zero-order chi connectivity index (χ0) is 10.9. The zero-order valence-electron chi connectivity index (χ0n) is 6.67. The van der Waals surface area contributed by atoms with Crippen molar-refractivity contribution in [3.05, 3.63) is 32.2 Å². The molecule has 1 aromatic rings. The Kier molecular flexibility index (Phi) is 3.78. The predicted octanol–water partition coefficient (Wildman–Crippen LogP) is 2.87. The molecule has 0 saturated heterocycles. The summed E-state index contributed by atoms with van der Waals surface area (Å²) in [4.78, 5) is 10.5. The van der Waals surface area contributed by atoms with Crippen molar-refractivity contribution in [3.8, 4) is 0 Å². The topological polar surface area (TPSA) is 57.5 Å². The summed E-state index contributed by atoms with van der Waals surface area (Å²) in [6.45, 7) is 0. The molecule has 3 nitrogen and oxygen atoms in total. The monoisotopic (exact) mass is 298 g/mol. The Bertz CT molecular complexity index is 358. The van der Waals surface area contributed by atoms with Gasteiger partial charge in [0.15, 0.2) is 6.10 Å². The molecule has 0 saturated carbocycles. The summed E-state index contributed by atoms with van der Waals surface area (Å²) in [6.07, 6.45) is -1.71. The molecule has 0 bridgehead atoms. The minimum atomic E-state index is -1.71. The van der Waals surface area contributed by atoms with Crippen LogP contribution in [-0.2, 0) is 4.79 Å². The molecule has 0 aliphatic carbocycles. The molecule has 1 unspecified atom stereocenters. The van der Waals surface area contributed by atoms with Gasteiger partial charge in [-0.25, -0.2) is 4.79 Å². The third-order valence-corrected chi connectivity index (χ3v) is 2.63. The summed E-state index contributed by atoms with van der Waals surface area (Å²) in [5.41, 5.74) is 0.00373. The first-order valence-electron chi connectivity index (χ1n) is 3.48. The summed E-state index contributed by atoms with van der Waals surface area (Å²) in [6, 6.07) is 2.93. The first kappa shape index (κ1) is 11.8. The Balaban J connectivity index is 3.27. The van der Waals surface area contributed by atoms with Crippen molar-refractivity contribution < 1.29 is 15.0 Å². The summed E-state index contributed by atoms with van der Waals surface area (Å²) in [5, 5.41) is 18.1. The van der Waals surface area contributed by atoms with E-state index in [0.29, 0.717) is 4.47 Å². The van der Waals surface area contributed by atoms with Crippen molar-refractivity contribution in [1.82, 2.24) is 0 Å². The van der Waals surface area contributed by atoms with Crippen LogP contribution in [-0.4, -0.2) is 16.2 Å². The highest BCUT2D eigenvalue weighted by Gasteiger charge is 2.22. The number of carboxylic acid groups (broad SMARTS) is 1. The molecule has 2 N–H and O–H groups in total. The van der Waals surface area contributed by atoms with Crippen molar-refractivity contribution in [1.29, 1.82) is 0 Å². The van der Waals surface area contributed by atoms with Gasteiger partial charge in [0.1, 0.15) is 0 Å². The Labute approximate surface area is 98.4 Å². The molecule has 0 aromatic heterocycles. The lowest BCUT2D eigenvalue weighted by Crippen LogP contribution is -2.11. The fraction of sp³-hybridized carbons (Fsp3) is 0.125. The minimum Gasteiger partial charge on any atom is -0.479 e. The molecule has 1 rings (SSSR count). The molecule has 0 aliphatic rings. The number of carbonyl (C=O) groups is 1. The van der Waals surface area contributed by atoms with E-state index in [1.54, 1.807) is 0 Å². The lowest BCUT2D eigenvalue weighted by atomic mass is 10.1. The maximum Gasteiger partial charge on any atom is 0.337 e. The number of hydrogen-bond acceptors (Lipinski definition) is 2. The number of aliphatic carboxylic acids is 1. The lowest BCUT2D eigenvalue weighted by Gasteiger charge is -2.10. The van der Waals surface area contributed by atoms with Gasteiger partial charge in [-0.15, -0.1) is 0 Å². The quantitative estimate of drug-likeness (QED) is 0.883. The molecule has 0 heterocycles. The van der Waals surface area contributed by atoms with Crippen LogP contribution in [0.5, 0.6) is 0 Å². The third kappa shape index (κ3) is 2.39. The smallest absolute Gasteiger partial charge is 0.337 e. The van der Waals surface area contributed by atoms with Crippen LogP contribution in [0.1, 0.15) is 11.7 Å². The molecule has 1 atom stereocenters. The fourth-order valence-corrected chi connectivity index (χ4v) is 2.35. The fourth-order valence-electron chi connectivity index (χ4n) is 0.938. The molecule has 6 heteroatoms. The first-order chi connectivity index (χ1) is 6.43. The van der Waals surface area contributed by atoms with Gasteiger partial charge in [-0.3, -0.25) is 0 Å². The van der Waals surface area contributed by atoms with Crippen LogP contribution >= 0.6 is 39.1 Å². The van der Waals surface area contributed by atoms with Crippen molar-refractivity contribution in [2.24, 2.45) is 0 Å². The van der Waals surface area contributed by atoms with E-state index in [0.717, 1.165) is 0 Å². The van der Waals surface area contributed by atoms with E-state index < -0.39 is 12.1 Å². The second kappa shape index (κ2) is 4.49. The number of aliphatic hydroxyl groups excluding tert-OH is 1. The maximum atomic E-state index is 10.5. The predicted molar refractivity (Wildman–Crippen MR) is 56.8 cm³/mol. The molecule has 0 aliphatic heterocycles.